The van der Waals surface area contributed by atoms with E-state index < -0.39 is 176 Å². The standard InChI is InChI=1S/C97H143N31O16/c1-8-120(9-2)65-32-34-69-74(46-65)144-75-47-66(121(10-3)11-4)33-35-70(75)81(69)67-27-12-13-28-68(67)89(135)107-41-43-142-44-45-143-56-80(133)125-42-23-31-71(125)90(136)114-62(24-14-18-36-98)50-126(78(131)54-123-58-112-82-85(103)110-57-111-86(82)123)72(29-17-21-39-101)91(137)115-63(25-15-19-37-99)51-127(77(130)53-122-49-61(7)88(134)119-97(122)141)73(30-22-40-108-95(104)105)92(138)116-64(26-16-20-38-100)52-128(84(60(5)6)94(140)109-48-76(102)129)79(132)55-124-59-113-83-87(124)117-96(106)118-93(83)139/h12-13,27-28,32-35,46-47,49,57-60,62-64,71-73,84H,8-11,14-26,29-31,36-45,48,50-56,98-101H2,1-7H3,(H16-,102,103,104,105,106,107,108,109,110,111,114,115,116,117,118,119,129,134,135,136,137,138,139,140,141)/p+1/t62-,63-,64-,71-,72-,73-,84-/m0/s1. The molecule has 47 heteroatoms. The number of aromatic amines is 1. The molecule has 7 atom stereocenters. The second-order valence-electron chi connectivity index (χ2n) is 35.8. The second-order valence-corrected chi connectivity index (χ2v) is 35.8. The number of aryl methyl sites for hydroxylation is 1. The number of amides is 4. The largest absolute Gasteiger partial charge is 0.495 e. The highest BCUT2D eigenvalue weighted by Crippen LogP contribution is 2.41. The SMILES string of the molecule is CCN(CC)c1ccc2c(-c3ccccc3C(O)=NCCOCCOCC(=O)N3CCC[C@H]3C(O)=N[C@@H](CCCCN)CN(C(=O)Cn3cnc4c(N)ncnc43)[C@@H](CCCCN)C(O)=N[C@@H](CCCCN)CN(C(=O)Cn3cc(C)c(O)nc3=O)[C@@H](CCCNC(=N)N)C(O)=N[C@@H](CCCCN)CN(C(=O)Cn3cnc4c(O)nc(=N)[nH]c43)[C@H](C(O)=NCC(=N)O)C(C)C)c3ccc(N(CC)CC)cc3[o+]c2c1. The van der Waals surface area contributed by atoms with E-state index in [4.69, 9.17) is 79.5 Å². The molecule has 1 aliphatic heterocycles. The molecule has 0 bridgehead atoms. The van der Waals surface area contributed by atoms with Gasteiger partial charge in [0.25, 0.3) is 0 Å². The van der Waals surface area contributed by atoms with Crippen molar-refractivity contribution in [1.29, 1.82) is 16.2 Å². The number of nitrogens with two attached hydrogens (primary N) is 6. The van der Waals surface area contributed by atoms with Crippen LogP contribution in [0.2, 0.25) is 0 Å². The van der Waals surface area contributed by atoms with Gasteiger partial charge in [-0.05, 0) is 205 Å². The molecule has 0 unspecified atom stereocenters. The van der Waals surface area contributed by atoms with Gasteiger partial charge in [0, 0.05) is 93.2 Å². The van der Waals surface area contributed by atoms with Crippen molar-refractivity contribution >= 4 is 126 Å². The molecule has 25 N–H and O–H groups in total. The van der Waals surface area contributed by atoms with E-state index in [1.807, 2.05) is 24.3 Å². The van der Waals surface area contributed by atoms with Crippen molar-refractivity contribution in [2.45, 2.75) is 213 Å². The van der Waals surface area contributed by atoms with E-state index in [-0.39, 0.29) is 157 Å². The topological polar surface area (TPSA) is 706 Å². The molecule has 6 aromatic heterocycles. The number of aromatic hydroxyl groups is 2. The number of likely N-dealkylation sites (tertiary alicyclic amines) is 1. The molecule has 1 fully saturated rings. The fourth-order valence-electron chi connectivity index (χ4n) is 18.0. The summed E-state index contributed by atoms with van der Waals surface area (Å²) in [5.74, 6) is -8.50. The lowest BCUT2D eigenvalue weighted by atomic mass is 9.93. The van der Waals surface area contributed by atoms with Crippen LogP contribution < -0.4 is 60.8 Å². The number of fused-ring (bicyclic) bond motifs is 4. The minimum absolute atomic E-state index is 0.00261. The van der Waals surface area contributed by atoms with Gasteiger partial charge in [0.2, 0.25) is 70.5 Å². The molecule has 1 aliphatic rings. The maximum absolute atomic E-state index is 16.0. The lowest BCUT2D eigenvalue weighted by Crippen LogP contribution is -2.53. The zero-order valence-corrected chi connectivity index (χ0v) is 83.3. The van der Waals surface area contributed by atoms with Gasteiger partial charge in [-0.25, -0.2) is 54.1 Å². The van der Waals surface area contributed by atoms with Crippen LogP contribution in [0.15, 0.2) is 120 Å². The van der Waals surface area contributed by atoms with Gasteiger partial charge in [-0.15, -0.1) is 0 Å². The fourth-order valence-corrected chi connectivity index (χ4v) is 18.0. The number of aromatic nitrogens is 10. The van der Waals surface area contributed by atoms with E-state index in [0.29, 0.717) is 74.5 Å². The lowest BCUT2D eigenvalue weighted by Gasteiger charge is -2.36. The third-order valence-electron chi connectivity index (χ3n) is 25.3. The molecule has 7 heterocycles. The Balaban J connectivity index is 0.961. The van der Waals surface area contributed by atoms with Crippen molar-refractivity contribution in [3.8, 4) is 22.9 Å². The van der Waals surface area contributed by atoms with E-state index in [2.05, 4.69) is 124 Å². The second kappa shape index (κ2) is 55.5. The Labute approximate surface area is 834 Å². The summed E-state index contributed by atoms with van der Waals surface area (Å²) in [6, 6.07) is 11.5. The first-order chi connectivity index (χ1) is 69.3. The molecule has 0 radical (unpaired) electrons. The van der Waals surface area contributed by atoms with Gasteiger partial charge < -0.3 is 134 Å². The van der Waals surface area contributed by atoms with Crippen LogP contribution in [0.4, 0.5) is 17.2 Å². The Morgan fingerprint density at radius 1 is 0.625 bits per heavy atom. The van der Waals surface area contributed by atoms with E-state index in [1.54, 1.807) is 13.8 Å². The van der Waals surface area contributed by atoms with Gasteiger partial charge in [0.15, 0.2) is 28.8 Å². The maximum Gasteiger partial charge on any atom is 0.363 e. The van der Waals surface area contributed by atoms with Crippen LogP contribution in [0.5, 0.6) is 11.8 Å². The summed E-state index contributed by atoms with van der Waals surface area (Å²) >= 11 is 0. The van der Waals surface area contributed by atoms with Gasteiger partial charge in [-0.1, -0.05) is 32.0 Å². The van der Waals surface area contributed by atoms with Crippen LogP contribution in [0.3, 0.4) is 0 Å². The van der Waals surface area contributed by atoms with Crippen LogP contribution in [0.1, 0.15) is 155 Å². The number of carbonyl (C=O) groups is 4. The number of nitrogens with zero attached hydrogens (tertiary/aromatic N) is 20. The Kier molecular flexibility index (Phi) is 43.1. The number of aliphatic hydroxyl groups excluding tert-OH is 6. The molecular formula is C97H144N31O16+. The maximum atomic E-state index is 16.0. The molecule has 10 rings (SSSR count). The van der Waals surface area contributed by atoms with E-state index >= 15 is 14.4 Å². The first-order valence-corrected chi connectivity index (χ1v) is 49.3. The van der Waals surface area contributed by atoms with E-state index in [0.717, 1.165) is 64.0 Å². The number of nitrogens with one attached hydrogen (secondary N) is 5. The summed E-state index contributed by atoms with van der Waals surface area (Å²) in [6.45, 7) is 13.6. The Morgan fingerprint density at radius 3 is 1.74 bits per heavy atom. The molecule has 4 amide bonds. The number of nitrogen functional groups attached to an aromatic ring is 1. The minimum Gasteiger partial charge on any atom is -0.495 e. The number of anilines is 3. The number of imidazole rings is 2. The van der Waals surface area contributed by atoms with Gasteiger partial charge in [0.05, 0.1) is 80.1 Å². The third kappa shape index (κ3) is 30.5. The number of ether oxygens (including phenoxy) is 2. The molecule has 0 spiro atoms. The molecule has 47 nitrogen and oxygen atoms in total. The first kappa shape index (κ1) is 112. The zero-order valence-electron chi connectivity index (χ0n) is 83.3. The third-order valence-corrected chi connectivity index (χ3v) is 25.3. The monoisotopic (exact) mass is 2000 g/mol. The smallest absolute Gasteiger partial charge is 0.363 e. The average Bonchev–Trinajstić information content (AvgIpc) is 0.939. The van der Waals surface area contributed by atoms with Crippen molar-refractivity contribution in [2.75, 3.05) is 140 Å². The number of unbranched alkanes of at least 4 members (excludes halogenated alkanes) is 4. The summed E-state index contributed by atoms with van der Waals surface area (Å²) in [5, 5.41) is 123. The number of hydrogen-bond acceptors (Lipinski definition) is 30. The summed E-state index contributed by atoms with van der Waals surface area (Å²) in [5.41, 5.74) is 41.3. The number of hydrogen-bond donors (Lipinski definition) is 19. The minimum atomic E-state index is -1.54. The van der Waals surface area contributed by atoms with Crippen molar-refractivity contribution in [2.24, 2.45) is 59.5 Å². The fraction of sp³-hybridized carbons (Fsp3) is 0.546. The Hall–Kier alpha value is -14.2. The molecule has 3 aromatic carbocycles. The highest BCUT2D eigenvalue weighted by Gasteiger charge is 2.40. The molecule has 782 valence electrons. The van der Waals surface area contributed by atoms with Crippen LogP contribution in [-0.4, -0.2) is 341 Å². The summed E-state index contributed by atoms with van der Waals surface area (Å²) < 4.78 is 22.3. The number of rotatable bonds is 61. The predicted octanol–water partition coefficient (Wildman–Crippen LogP) is 6.70. The molecule has 0 saturated carbocycles. The highest BCUT2D eigenvalue weighted by molar-refractivity contribution is 6.13. The number of aliphatic imine (C=N–C) groups is 5. The van der Waals surface area contributed by atoms with E-state index in [9.17, 15) is 50.4 Å². The van der Waals surface area contributed by atoms with Crippen molar-refractivity contribution in [3.63, 3.8) is 0 Å². The molecular weight excluding hydrogens is 1860 g/mol. The predicted molar refractivity (Wildman–Crippen MR) is 554 cm³/mol. The molecule has 9 aromatic rings. The number of H-pyrrole nitrogens is 1. The molecule has 1 saturated heterocycles. The van der Waals surface area contributed by atoms with Crippen LogP contribution in [-0.2, 0) is 48.3 Å². The van der Waals surface area contributed by atoms with Gasteiger partial charge in [0.1, 0.15) is 74.4 Å². The summed E-state index contributed by atoms with van der Waals surface area (Å²) in [6.07, 6.45) is 8.86. The average molecular weight is 2000 g/mol. The Morgan fingerprint density at radius 2 is 1.16 bits per heavy atom. The molecule has 144 heavy (non-hydrogen) atoms. The van der Waals surface area contributed by atoms with Crippen molar-refractivity contribution < 1.29 is 73.9 Å². The quantitative estimate of drug-likeness (QED) is 0.00619. The highest BCUT2D eigenvalue weighted by atomic mass is 16.5. The normalized spacial score (nSPS) is 14.7. The van der Waals surface area contributed by atoms with Crippen LogP contribution >= 0.6 is 0 Å². The van der Waals surface area contributed by atoms with Gasteiger partial charge in [-0.3, -0.25) is 40.0 Å². The zero-order chi connectivity index (χ0) is 104. The van der Waals surface area contributed by atoms with Crippen molar-refractivity contribution in [1.82, 2.24) is 73.5 Å². The number of aliphatic hydroxyl groups is 6. The first-order valence-electron chi connectivity index (χ1n) is 49.3. The summed E-state index contributed by atoms with van der Waals surface area (Å²) in [4.78, 5) is 136. The van der Waals surface area contributed by atoms with Gasteiger partial charge in [-0.2, -0.15) is 9.97 Å². The lowest BCUT2D eigenvalue weighted by molar-refractivity contribution is -0.136. The number of benzene rings is 3. The summed E-state index contributed by atoms with van der Waals surface area (Å²) in [7, 11) is 0. The molecule has 0 aliphatic carbocycles. The van der Waals surface area contributed by atoms with Crippen LogP contribution in [0, 0.1) is 29.1 Å². The van der Waals surface area contributed by atoms with Crippen molar-refractivity contribution in [3.05, 3.63) is 113 Å². The van der Waals surface area contributed by atoms with Gasteiger partial charge >= 0.3 is 16.9 Å². The van der Waals surface area contributed by atoms with E-state index in [1.165, 1.54) is 60.8 Å². The number of carbonyl (C=O) groups excluding carboxylic acids is 4. The van der Waals surface area contributed by atoms with Crippen LogP contribution in [0.25, 0.3) is 55.4 Å². The number of guanidine groups is 1. The Bertz CT molecular complexity index is 6020.